The number of hydrogen-bond acceptors (Lipinski definition) is 3. The van der Waals surface area contributed by atoms with E-state index in [2.05, 4.69) is 30.7 Å². The Bertz CT molecular complexity index is 417. The first kappa shape index (κ1) is 21.9. The van der Waals surface area contributed by atoms with Crippen molar-refractivity contribution in [3.05, 3.63) is 12.2 Å². The van der Waals surface area contributed by atoms with Crippen LogP contribution in [0.15, 0.2) is 12.2 Å². The van der Waals surface area contributed by atoms with E-state index in [-0.39, 0.29) is 18.4 Å². The first-order valence-electron chi connectivity index (χ1n) is 10.4. The van der Waals surface area contributed by atoms with Crippen LogP contribution in [0.1, 0.15) is 104 Å². The number of ether oxygens (including phenoxy) is 1. The molecule has 0 saturated carbocycles. The Labute approximate surface area is 154 Å². The van der Waals surface area contributed by atoms with Crippen molar-refractivity contribution >= 4 is 11.9 Å². The van der Waals surface area contributed by atoms with E-state index in [9.17, 15) is 9.59 Å². The van der Waals surface area contributed by atoms with Crippen molar-refractivity contribution < 1.29 is 14.3 Å². The minimum atomic E-state index is -0.642. The van der Waals surface area contributed by atoms with Crippen molar-refractivity contribution in [1.29, 1.82) is 0 Å². The summed E-state index contributed by atoms with van der Waals surface area (Å²) in [5.74, 6) is 0.128. The van der Waals surface area contributed by atoms with Crippen LogP contribution in [-0.4, -0.2) is 11.9 Å². The van der Waals surface area contributed by atoms with Crippen LogP contribution in [0, 0.1) is 11.3 Å². The van der Waals surface area contributed by atoms with Gasteiger partial charge in [-0.1, -0.05) is 83.8 Å². The maximum atomic E-state index is 11.7. The molecule has 1 atom stereocenters. The molecule has 25 heavy (non-hydrogen) atoms. The van der Waals surface area contributed by atoms with Crippen LogP contribution in [0.4, 0.5) is 0 Å². The highest BCUT2D eigenvalue weighted by molar-refractivity contribution is 5.97. The van der Waals surface area contributed by atoms with Gasteiger partial charge in [-0.3, -0.25) is 9.59 Å². The third-order valence-electron chi connectivity index (χ3n) is 5.38. The average Bonchev–Trinajstić information content (AvgIpc) is 2.83. The van der Waals surface area contributed by atoms with Crippen LogP contribution in [0.3, 0.4) is 0 Å². The first-order valence-corrected chi connectivity index (χ1v) is 10.4. The summed E-state index contributed by atoms with van der Waals surface area (Å²) in [7, 11) is 0. The SMILES string of the molecule is CCCCCC(CCC/C=C/CC1(C)CC(=O)OC1=O)CCCCC. The van der Waals surface area contributed by atoms with Gasteiger partial charge in [0.05, 0.1) is 11.8 Å². The minimum Gasteiger partial charge on any atom is -0.393 e. The Morgan fingerprint density at radius 2 is 1.56 bits per heavy atom. The van der Waals surface area contributed by atoms with E-state index in [1.54, 1.807) is 0 Å². The Morgan fingerprint density at radius 3 is 2.08 bits per heavy atom. The lowest BCUT2D eigenvalue weighted by molar-refractivity contribution is -0.154. The van der Waals surface area contributed by atoms with Crippen LogP contribution in [-0.2, 0) is 14.3 Å². The smallest absolute Gasteiger partial charge is 0.320 e. The monoisotopic (exact) mass is 350 g/mol. The van der Waals surface area contributed by atoms with E-state index < -0.39 is 5.41 Å². The number of esters is 2. The quantitative estimate of drug-likeness (QED) is 0.158. The number of cyclic esters (lactones) is 2. The fraction of sp³-hybridized carbons (Fsp3) is 0.818. The van der Waals surface area contributed by atoms with Crippen molar-refractivity contribution in [1.82, 2.24) is 0 Å². The van der Waals surface area contributed by atoms with Crippen molar-refractivity contribution in [2.75, 3.05) is 0 Å². The lowest BCUT2D eigenvalue weighted by Crippen LogP contribution is -2.21. The van der Waals surface area contributed by atoms with E-state index in [0.29, 0.717) is 6.42 Å². The zero-order valence-electron chi connectivity index (χ0n) is 16.6. The fourth-order valence-electron chi connectivity index (χ4n) is 3.59. The van der Waals surface area contributed by atoms with E-state index in [4.69, 9.17) is 0 Å². The normalized spacial score (nSPS) is 20.8. The third-order valence-corrected chi connectivity index (χ3v) is 5.38. The van der Waals surface area contributed by atoms with Gasteiger partial charge >= 0.3 is 11.9 Å². The summed E-state index contributed by atoms with van der Waals surface area (Å²) in [5.41, 5.74) is -0.642. The molecule has 0 spiro atoms. The van der Waals surface area contributed by atoms with E-state index in [1.807, 2.05) is 6.92 Å². The predicted octanol–water partition coefficient (Wildman–Crippen LogP) is 6.36. The highest BCUT2D eigenvalue weighted by atomic mass is 16.6. The number of carbonyl (C=O) groups excluding carboxylic acids is 2. The van der Waals surface area contributed by atoms with Gasteiger partial charge < -0.3 is 4.74 Å². The number of unbranched alkanes of at least 4 members (excludes halogenated alkanes) is 5. The molecule has 0 amide bonds. The van der Waals surface area contributed by atoms with Gasteiger partial charge in [0.15, 0.2) is 0 Å². The van der Waals surface area contributed by atoms with E-state index in [1.165, 1.54) is 64.2 Å². The molecule has 0 aromatic carbocycles. The number of hydrogen-bond donors (Lipinski definition) is 0. The van der Waals surface area contributed by atoms with Gasteiger partial charge in [-0.15, -0.1) is 0 Å². The van der Waals surface area contributed by atoms with Gasteiger partial charge in [0.25, 0.3) is 0 Å². The summed E-state index contributed by atoms with van der Waals surface area (Å²) in [5, 5.41) is 0. The van der Waals surface area contributed by atoms with Crippen molar-refractivity contribution in [3.8, 4) is 0 Å². The maximum absolute atomic E-state index is 11.7. The maximum Gasteiger partial charge on any atom is 0.320 e. The summed E-state index contributed by atoms with van der Waals surface area (Å²) in [4.78, 5) is 22.9. The van der Waals surface area contributed by atoms with E-state index in [0.717, 1.165) is 12.3 Å². The van der Waals surface area contributed by atoms with Crippen LogP contribution >= 0.6 is 0 Å². The number of carbonyl (C=O) groups is 2. The van der Waals surface area contributed by atoms with Crippen molar-refractivity contribution in [2.24, 2.45) is 11.3 Å². The van der Waals surface area contributed by atoms with Crippen LogP contribution < -0.4 is 0 Å². The second-order valence-electron chi connectivity index (χ2n) is 7.96. The molecule has 1 unspecified atom stereocenters. The lowest BCUT2D eigenvalue weighted by atomic mass is 9.85. The molecule has 0 N–H and O–H groups in total. The summed E-state index contributed by atoms with van der Waals surface area (Å²) < 4.78 is 4.67. The summed E-state index contributed by atoms with van der Waals surface area (Å²) in [6.07, 6.45) is 19.5. The van der Waals surface area contributed by atoms with Crippen LogP contribution in [0.5, 0.6) is 0 Å². The molecule has 0 radical (unpaired) electrons. The molecule has 0 bridgehead atoms. The molecule has 0 aromatic heterocycles. The molecule has 1 heterocycles. The third kappa shape index (κ3) is 8.69. The predicted molar refractivity (Wildman–Crippen MR) is 103 cm³/mol. The fourth-order valence-corrected chi connectivity index (χ4v) is 3.59. The molecule has 1 aliphatic rings. The van der Waals surface area contributed by atoms with Crippen molar-refractivity contribution in [2.45, 2.75) is 104 Å². The molecule has 1 fully saturated rings. The van der Waals surface area contributed by atoms with E-state index >= 15 is 0 Å². The van der Waals surface area contributed by atoms with Gasteiger partial charge in [0, 0.05) is 0 Å². The zero-order valence-corrected chi connectivity index (χ0v) is 16.6. The molecule has 1 aliphatic heterocycles. The zero-order chi connectivity index (χ0) is 18.5. The Balaban J connectivity index is 2.24. The summed E-state index contributed by atoms with van der Waals surface area (Å²) in [6, 6.07) is 0. The first-order chi connectivity index (χ1) is 12.0. The summed E-state index contributed by atoms with van der Waals surface area (Å²) in [6.45, 7) is 6.36. The van der Waals surface area contributed by atoms with Crippen LogP contribution in [0.2, 0.25) is 0 Å². The van der Waals surface area contributed by atoms with Gasteiger partial charge in [0.2, 0.25) is 0 Å². The van der Waals surface area contributed by atoms with Crippen molar-refractivity contribution in [3.63, 3.8) is 0 Å². The topological polar surface area (TPSA) is 43.4 Å². The number of rotatable bonds is 14. The largest absolute Gasteiger partial charge is 0.393 e. The molecular weight excluding hydrogens is 312 g/mol. The minimum absolute atomic E-state index is 0.215. The lowest BCUT2D eigenvalue weighted by Gasteiger charge is -2.16. The van der Waals surface area contributed by atoms with Gasteiger partial charge in [0.1, 0.15) is 0 Å². The molecule has 144 valence electrons. The molecule has 0 aliphatic carbocycles. The Kier molecular flexibility index (Phi) is 10.8. The highest BCUT2D eigenvalue weighted by Crippen LogP contribution is 2.34. The molecule has 0 aromatic rings. The second kappa shape index (κ2) is 12.3. The van der Waals surface area contributed by atoms with Crippen LogP contribution in [0.25, 0.3) is 0 Å². The van der Waals surface area contributed by atoms with Gasteiger partial charge in [-0.25, -0.2) is 0 Å². The Morgan fingerprint density at radius 1 is 0.960 bits per heavy atom. The van der Waals surface area contributed by atoms with Gasteiger partial charge in [-0.2, -0.15) is 0 Å². The Hall–Kier alpha value is -1.12. The molecule has 1 rings (SSSR count). The average molecular weight is 351 g/mol. The molecule has 1 saturated heterocycles. The second-order valence-corrected chi connectivity index (χ2v) is 7.96. The number of allylic oxidation sites excluding steroid dienone is 2. The van der Waals surface area contributed by atoms with Gasteiger partial charge in [-0.05, 0) is 32.1 Å². The molecule has 3 nitrogen and oxygen atoms in total. The standard InChI is InChI=1S/C22H38O3/c1-4-6-10-14-19(15-11-7-5-2)16-12-8-9-13-17-22(3)18-20(23)25-21(22)24/h9,13,19H,4-8,10-12,14-18H2,1-3H3/b13-9+. The summed E-state index contributed by atoms with van der Waals surface area (Å²) >= 11 is 0. The highest BCUT2D eigenvalue weighted by Gasteiger charge is 2.44. The molecular formula is C22H38O3. The molecule has 3 heteroatoms.